The highest BCUT2D eigenvalue weighted by molar-refractivity contribution is 6.30. The molecule has 0 aromatic heterocycles. The van der Waals surface area contributed by atoms with E-state index in [2.05, 4.69) is 0 Å². The zero-order valence-corrected chi connectivity index (χ0v) is 17.0. The van der Waals surface area contributed by atoms with Gasteiger partial charge in [-0.1, -0.05) is 23.7 Å². The average Bonchev–Trinajstić information content (AvgIpc) is 2.94. The highest BCUT2D eigenvalue weighted by atomic mass is 35.5. The number of nitrogens with two attached hydrogens (primary N) is 1. The van der Waals surface area contributed by atoms with Crippen LogP contribution in [0.3, 0.4) is 0 Å². The Morgan fingerprint density at radius 3 is 2.56 bits per heavy atom. The number of amidine groups is 1. The Morgan fingerprint density at radius 2 is 2.04 bits per heavy atom. The summed E-state index contributed by atoms with van der Waals surface area (Å²) >= 11 is 5.93. The predicted octanol–water partition coefficient (Wildman–Crippen LogP) is 2.79. The van der Waals surface area contributed by atoms with E-state index < -0.39 is 30.0 Å². The first-order chi connectivity index (χ1) is 12.5. The number of amides is 1. The molecule has 1 aliphatic heterocycles. The molecule has 1 heterocycles. The number of aliphatic hydroxyl groups excluding tert-OH is 1. The van der Waals surface area contributed by atoms with Crippen LogP contribution < -0.4 is 5.73 Å². The molecule has 150 valence electrons. The molecule has 1 amide bonds. The fraction of sp³-hybridized carbons (Fsp3) is 0.579. The first-order valence-electron chi connectivity index (χ1n) is 9.00. The number of β-amino-alcohol motifs (C(OH)–C–C–N with tert-alkyl or cyclic N) is 1. The van der Waals surface area contributed by atoms with Gasteiger partial charge in [-0.3, -0.25) is 10.3 Å². The summed E-state index contributed by atoms with van der Waals surface area (Å²) in [5.41, 5.74) is 6.40. The highest BCUT2D eigenvalue weighted by Crippen LogP contribution is 2.24. The molecule has 1 saturated heterocycles. The molecule has 0 radical (unpaired) electrons. The van der Waals surface area contributed by atoms with E-state index in [1.807, 2.05) is 12.1 Å². The lowest BCUT2D eigenvalue weighted by Crippen LogP contribution is -2.52. The minimum Gasteiger partial charge on any atom is -0.444 e. The van der Waals surface area contributed by atoms with Crippen LogP contribution in [0.2, 0.25) is 5.02 Å². The van der Waals surface area contributed by atoms with Crippen LogP contribution in [0.4, 0.5) is 4.79 Å². The zero-order valence-electron chi connectivity index (χ0n) is 16.3. The van der Waals surface area contributed by atoms with E-state index in [9.17, 15) is 9.90 Å². The van der Waals surface area contributed by atoms with Gasteiger partial charge in [0.25, 0.3) is 0 Å². The number of nitrogens with zero attached hydrogens (tertiary/aromatic N) is 2. The number of aliphatic hydroxyl groups is 1. The topological polar surface area (TPSA) is 103 Å². The van der Waals surface area contributed by atoms with Gasteiger partial charge in [-0.2, -0.15) is 0 Å². The molecular weight excluding hydrogens is 368 g/mol. The van der Waals surface area contributed by atoms with E-state index in [4.69, 9.17) is 27.5 Å². The predicted molar refractivity (Wildman–Crippen MR) is 106 cm³/mol. The van der Waals surface area contributed by atoms with Gasteiger partial charge in [0.2, 0.25) is 0 Å². The third-order valence-electron chi connectivity index (χ3n) is 4.29. The third kappa shape index (κ3) is 5.82. The SMILES string of the molecule is CC(N)N(Cc1ccc(Cl)cc1)C(=N)[C@H]1C[C@@H](O)CN1C(=O)OC(C)(C)C. The number of hydrogen-bond acceptors (Lipinski definition) is 5. The van der Waals surface area contributed by atoms with Crippen LogP contribution in [-0.2, 0) is 11.3 Å². The maximum Gasteiger partial charge on any atom is 0.411 e. The van der Waals surface area contributed by atoms with Crippen LogP contribution >= 0.6 is 11.6 Å². The monoisotopic (exact) mass is 396 g/mol. The van der Waals surface area contributed by atoms with E-state index >= 15 is 0 Å². The lowest BCUT2D eigenvalue weighted by Gasteiger charge is -2.35. The summed E-state index contributed by atoms with van der Waals surface area (Å²) in [7, 11) is 0. The van der Waals surface area contributed by atoms with E-state index in [0.717, 1.165) is 5.56 Å². The van der Waals surface area contributed by atoms with Crippen LogP contribution in [0.5, 0.6) is 0 Å². The maximum absolute atomic E-state index is 12.5. The zero-order chi connectivity index (χ0) is 20.4. The molecule has 4 N–H and O–H groups in total. The molecule has 8 heteroatoms. The molecule has 0 aliphatic carbocycles. The number of rotatable bonds is 4. The number of nitrogens with one attached hydrogen (secondary N) is 1. The van der Waals surface area contributed by atoms with Gasteiger partial charge < -0.3 is 20.5 Å². The molecule has 1 aromatic rings. The largest absolute Gasteiger partial charge is 0.444 e. The molecule has 1 aliphatic rings. The molecule has 1 unspecified atom stereocenters. The Bertz CT molecular complexity index is 673. The number of carbonyl (C=O) groups excluding carboxylic acids is 1. The second-order valence-electron chi connectivity index (χ2n) is 7.92. The summed E-state index contributed by atoms with van der Waals surface area (Å²) in [4.78, 5) is 15.7. The van der Waals surface area contributed by atoms with Crippen molar-refractivity contribution in [3.8, 4) is 0 Å². The average molecular weight is 397 g/mol. The van der Waals surface area contributed by atoms with Gasteiger partial charge in [0.1, 0.15) is 11.4 Å². The smallest absolute Gasteiger partial charge is 0.411 e. The van der Waals surface area contributed by atoms with Crippen molar-refractivity contribution in [2.45, 2.75) is 64.6 Å². The lowest BCUT2D eigenvalue weighted by atomic mass is 10.1. The molecule has 0 bridgehead atoms. The summed E-state index contributed by atoms with van der Waals surface area (Å²) in [5.74, 6) is 0.183. The van der Waals surface area contributed by atoms with Gasteiger partial charge in [0.05, 0.1) is 24.9 Å². The van der Waals surface area contributed by atoms with Crippen LogP contribution in [0.1, 0.15) is 39.7 Å². The molecular formula is C19H29ClN4O3. The fourth-order valence-corrected chi connectivity index (χ4v) is 3.15. The van der Waals surface area contributed by atoms with Crippen molar-refractivity contribution >= 4 is 23.5 Å². The number of halogens is 1. The number of carbonyl (C=O) groups is 1. The normalized spacial score (nSPS) is 21.1. The van der Waals surface area contributed by atoms with Crippen molar-refractivity contribution < 1.29 is 14.6 Å². The van der Waals surface area contributed by atoms with Crippen molar-refractivity contribution in [3.63, 3.8) is 0 Å². The number of hydrogen-bond donors (Lipinski definition) is 3. The summed E-state index contributed by atoms with van der Waals surface area (Å²) in [6.07, 6.45) is -1.40. The molecule has 1 fully saturated rings. The van der Waals surface area contributed by atoms with Crippen LogP contribution in [0.15, 0.2) is 24.3 Å². The Kier molecular flexibility index (Phi) is 6.72. The van der Waals surface area contributed by atoms with E-state index in [1.54, 1.807) is 44.7 Å². The van der Waals surface area contributed by atoms with Crippen molar-refractivity contribution in [1.82, 2.24) is 9.80 Å². The Morgan fingerprint density at radius 1 is 1.44 bits per heavy atom. The van der Waals surface area contributed by atoms with Crippen LogP contribution in [-0.4, -0.2) is 57.3 Å². The number of ether oxygens (including phenoxy) is 1. The van der Waals surface area contributed by atoms with E-state index in [0.29, 0.717) is 11.6 Å². The fourth-order valence-electron chi connectivity index (χ4n) is 3.02. The second-order valence-corrected chi connectivity index (χ2v) is 8.35. The summed E-state index contributed by atoms with van der Waals surface area (Å²) in [6, 6.07) is 6.73. The molecule has 0 spiro atoms. The Labute approximate surface area is 165 Å². The molecule has 27 heavy (non-hydrogen) atoms. The Hall–Kier alpha value is -1.83. The second kappa shape index (κ2) is 8.46. The van der Waals surface area contributed by atoms with Gasteiger partial charge in [-0.05, 0) is 45.4 Å². The number of likely N-dealkylation sites (tertiary alicyclic amines) is 1. The van der Waals surface area contributed by atoms with Crippen molar-refractivity contribution in [1.29, 1.82) is 5.41 Å². The van der Waals surface area contributed by atoms with Gasteiger partial charge in [-0.25, -0.2) is 4.79 Å². The number of benzene rings is 1. The van der Waals surface area contributed by atoms with Crippen molar-refractivity contribution in [3.05, 3.63) is 34.9 Å². The van der Waals surface area contributed by atoms with E-state index in [1.165, 1.54) is 4.90 Å². The van der Waals surface area contributed by atoms with Crippen molar-refractivity contribution in [2.24, 2.45) is 5.73 Å². The van der Waals surface area contributed by atoms with Crippen LogP contribution in [0.25, 0.3) is 0 Å². The molecule has 0 saturated carbocycles. The lowest BCUT2D eigenvalue weighted by molar-refractivity contribution is 0.0236. The molecule has 1 aromatic carbocycles. The molecule has 3 atom stereocenters. The first kappa shape index (κ1) is 21.5. The van der Waals surface area contributed by atoms with Gasteiger partial charge in [0, 0.05) is 18.0 Å². The molecule has 2 rings (SSSR count). The highest BCUT2D eigenvalue weighted by Gasteiger charge is 2.41. The Balaban J connectivity index is 2.19. The maximum atomic E-state index is 12.5. The standard InChI is InChI=1S/C19H29ClN4O3/c1-12(21)23(10-13-5-7-14(20)8-6-13)17(22)16-9-15(25)11-24(16)18(26)27-19(2,3)4/h5-8,12,15-16,22,25H,9-11,21H2,1-4H3/t12?,15-,16-/m1/s1. The molecule has 7 nitrogen and oxygen atoms in total. The first-order valence-corrected chi connectivity index (χ1v) is 9.38. The van der Waals surface area contributed by atoms with Gasteiger partial charge in [-0.15, -0.1) is 0 Å². The van der Waals surface area contributed by atoms with Crippen LogP contribution in [0, 0.1) is 5.41 Å². The third-order valence-corrected chi connectivity index (χ3v) is 4.54. The van der Waals surface area contributed by atoms with E-state index in [-0.39, 0.29) is 18.8 Å². The van der Waals surface area contributed by atoms with Crippen molar-refractivity contribution in [2.75, 3.05) is 6.54 Å². The summed E-state index contributed by atoms with van der Waals surface area (Å²) in [6.45, 7) is 7.68. The minimum absolute atomic E-state index is 0.135. The summed E-state index contributed by atoms with van der Waals surface area (Å²) < 4.78 is 5.44. The minimum atomic E-state index is -0.701. The van der Waals surface area contributed by atoms with Gasteiger partial charge >= 0.3 is 6.09 Å². The quantitative estimate of drug-likeness (QED) is 0.412. The van der Waals surface area contributed by atoms with Gasteiger partial charge in [0.15, 0.2) is 0 Å². The summed E-state index contributed by atoms with van der Waals surface area (Å²) in [5, 5.41) is 19.4.